The number of aromatic amines is 1. The Morgan fingerprint density at radius 1 is 1.36 bits per heavy atom. The molecule has 7 nitrogen and oxygen atoms in total. The fourth-order valence-electron chi connectivity index (χ4n) is 2.32. The van der Waals surface area contributed by atoms with Crippen LogP contribution >= 0.6 is 0 Å². The van der Waals surface area contributed by atoms with Gasteiger partial charge in [0.25, 0.3) is 0 Å². The van der Waals surface area contributed by atoms with Crippen molar-refractivity contribution in [1.82, 2.24) is 20.5 Å². The average molecular weight is 344 g/mol. The highest BCUT2D eigenvalue weighted by atomic mass is 19.1. The number of nitrogens with zero attached hydrogens (tertiary/aromatic N) is 2. The van der Waals surface area contributed by atoms with Gasteiger partial charge >= 0.3 is 0 Å². The van der Waals surface area contributed by atoms with E-state index in [4.69, 9.17) is 4.42 Å². The zero-order chi connectivity index (χ0) is 17.6. The highest BCUT2D eigenvalue weighted by Crippen LogP contribution is 2.17. The molecule has 0 saturated heterocycles. The number of amides is 1. The minimum Gasteiger partial charge on any atom is -0.461 e. The summed E-state index contributed by atoms with van der Waals surface area (Å²) in [6, 6.07) is 9.06. The highest BCUT2D eigenvalue weighted by molar-refractivity contribution is 5.76. The highest BCUT2D eigenvalue weighted by Gasteiger charge is 2.14. The van der Waals surface area contributed by atoms with Gasteiger partial charge in [0.15, 0.2) is 5.76 Å². The Balaban J connectivity index is 1.45. The number of halogens is 1. The average Bonchev–Trinajstić information content (AvgIpc) is 3.26. The zero-order valence-corrected chi connectivity index (χ0v) is 13.3. The molecule has 0 radical (unpaired) electrons. The Morgan fingerprint density at radius 3 is 3.00 bits per heavy atom. The number of benzene rings is 1. The van der Waals surface area contributed by atoms with Crippen molar-refractivity contribution in [3.05, 3.63) is 59.9 Å². The lowest BCUT2D eigenvalue weighted by Crippen LogP contribution is -2.27. The summed E-state index contributed by atoms with van der Waals surface area (Å²) in [6.45, 7) is 0.335. The standard InChI is InChI=1S/C17H17FN4O3/c18-12-4-1-3-11(9-12)13(23)10-16(24)19-7-6-15-20-17(22-21-15)14-5-2-8-25-14/h1-5,8-9,13,23H,6-7,10H2,(H,19,24)(H,20,21,22). The van der Waals surface area contributed by atoms with E-state index in [1.165, 1.54) is 24.5 Å². The molecule has 1 unspecified atom stereocenters. The topological polar surface area (TPSA) is 104 Å². The number of rotatable bonds is 7. The molecule has 130 valence electrons. The van der Waals surface area contributed by atoms with Crippen molar-refractivity contribution in [3.8, 4) is 11.6 Å². The van der Waals surface area contributed by atoms with Gasteiger partial charge in [-0.25, -0.2) is 9.37 Å². The maximum Gasteiger partial charge on any atom is 0.222 e. The molecule has 1 aromatic carbocycles. The Kier molecular flexibility index (Phi) is 5.20. The fourth-order valence-corrected chi connectivity index (χ4v) is 2.32. The lowest BCUT2D eigenvalue weighted by Gasteiger charge is -2.11. The molecule has 0 saturated carbocycles. The minimum atomic E-state index is -1.05. The first-order valence-corrected chi connectivity index (χ1v) is 7.77. The molecule has 0 aliphatic carbocycles. The molecule has 0 bridgehead atoms. The van der Waals surface area contributed by atoms with E-state index in [9.17, 15) is 14.3 Å². The number of carbonyl (C=O) groups excluding carboxylic acids is 1. The zero-order valence-electron chi connectivity index (χ0n) is 13.3. The van der Waals surface area contributed by atoms with Gasteiger partial charge in [-0.2, -0.15) is 5.10 Å². The van der Waals surface area contributed by atoms with Gasteiger partial charge < -0.3 is 14.8 Å². The summed E-state index contributed by atoms with van der Waals surface area (Å²) in [5.74, 6) is 0.840. The van der Waals surface area contributed by atoms with Crippen molar-refractivity contribution in [2.24, 2.45) is 0 Å². The van der Waals surface area contributed by atoms with Gasteiger partial charge in [-0.05, 0) is 29.8 Å². The molecule has 3 aromatic rings. The number of furan rings is 1. The van der Waals surface area contributed by atoms with Crippen LogP contribution in [0.25, 0.3) is 11.6 Å². The Hall–Kier alpha value is -3.00. The van der Waals surface area contributed by atoms with Crippen molar-refractivity contribution >= 4 is 5.91 Å². The SMILES string of the molecule is O=C(CC(O)c1cccc(F)c1)NCCc1nc(-c2ccco2)n[nH]1. The first-order chi connectivity index (χ1) is 12.1. The maximum absolute atomic E-state index is 13.1. The maximum atomic E-state index is 13.1. The summed E-state index contributed by atoms with van der Waals surface area (Å²) in [5.41, 5.74) is 0.369. The first kappa shape index (κ1) is 16.8. The molecule has 2 heterocycles. The van der Waals surface area contributed by atoms with Crippen molar-refractivity contribution in [2.75, 3.05) is 6.54 Å². The van der Waals surface area contributed by atoms with Crippen LogP contribution in [-0.2, 0) is 11.2 Å². The van der Waals surface area contributed by atoms with Crippen LogP contribution in [0.2, 0.25) is 0 Å². The van der Waals surface area contributed by atoms with Gasteiger partial charge in [-0.1, -0.05) is 12.1 Å². The summed E-state index contributed by atoms with van der Waals surface area (Å²) in [4.78, 5) is 16.1. The van der Waals surface area contributed by atoms with E-state index in [1.54, 1.807) is 18.2 Å². The first-order valence-electron chi connectivity index (χ1n) is 7.77. The molecule has 0 aliphatic rings. The van der Waals surface area contributed by atoms with Crippen LogP contribution in [0.3, 0.4) is 0 Å². The third kappa shape index (κ3) is 4.51. The molecule has 2 aromatic heterocycles. The summed E-state index contributed by atoms with van der Waals surface area (Å²) in [6.07, 6.45) is 0.800. The number of aromatic nitrogens is 3. The third-order valence-corrected chi connectivity index (χ3v) is 3.57. The molecule has 0 spiro atoms. The van der Waals surface area contributed by atoms with Gasteiger partial charge in [0.2, 0.25) is 11.7 Å². The predicted octanol–water partition coefficient (Wildman–Crippen LogP) is 1.99. The van der Waals surface area contributed by atoms with Crippen LogP contribution in [0.5, 0.6) is 0 Å². The van der Waals surface area contributed by atoms with Crippen LogP contribution in [0, 0.1) is 5.82 Å². The van der Waals surface area contributed by atoms with Crippen molar-refractivity contribution in [2.45, 2.75) is 18.9 Å². The van der Waals surface area contributed by atoms with Gasteiger partial charge in [0, 0.05) is 13.0 Å². The fraction of sp³-hybridized carbons (Fsp3) is 0.235. The molecule has 3 N–H and O–H groups in total. The second-order valence-corrected chi connectivity index (χ2v) is 5.46. The molecule has 25 heavy (non-hydrogen) atoms. The molecule has 8 heteroatoms. The Morgan fingerprint density at radius 2 is 2.24 bits per heavy atom. The van der Waals surface area contributed by atoms with Crippen LogP contribution in [0.1, 0.15) is 23.9 Å². The van der Waals surface area contributed by atoms with Gasteiger partial charge in [0.1, 0.15) is 11.6 Å². The normalized spacial score (nSPS) is 12.1. The largest absolute Gasteiger partial charge is 0.461 e. The van der Waals surface area contributed by atoms with Crippen molar-refractivity contribution in [3.63, 3.8) is 0 Å². The lowest BCUT2D eigenvalue weighted by atomic mass is 10.1. The molecule has 0 fully saturated rings. The van der Waals surface area contributed by atoms with Crippen molar-refractivity contribution < 1.29 is 18.7 Å². The quantitative estimate of drug-likeness (QED) is 0.608. The molecular weight excluding hydrogens is 327 g/mol. The lowest BCUT2D eigenvalue weighted by molar-refractivity contribution is -0.123. The Labute approximate surface area is 142 Å². The molecule has 3 rings (SSSR count). The van der Waals surface area contributed by atoms with Crippen LogP contribution in [0.15, 0.2) is 47.1 Å². The number of hydrogen-bond acceptors (Lipinski definition) is 5. The number of H-pyrrole nitrogens is 1. The van der Waals surface area contributed by atoms with E-state index in [2.05, 4.69) is 20.5 Å². The second kappa shape index (κ2) is 7.71. The smallest absolute Gasteiger partial charge is 0.222 e. The number of aliphatic hydroxyl groups is 1. The minimum absolute atomic E-state index is 0.141. The summed E-state index contributed by atoms with van der Waals surface area (Å²) >= 11 is 0. The van der Waals surface area contributed by atoms with Crippen LogP contribution in [0.4, 0.5) is 4.39 Å². The van der Waals surface area contributed by atoms with E-state index in [0.717, 1.165) is 0 Å². The van der Waals surface area contributed by atoms with Crippen LogP contribution < -0.4 is 5.32 Å². The third-order valence-electron chi connectivity index (χ3n) is 3.57. The number of carbonyl (C=O) groups is 1. The monoisotopic (exact) mass is 344 g/mol. The number of aliphatic hydroxyl groups excluding tert-OH is 1. The van der Waals surface area contributed by atoms with Gasteiger partial charge in [0.05, 0.1) is 18.8 Å². The number of nitrogens with one attached hydrogen (secondary N) is 2. The van der Waals surface area contributed by atoms with E-state index in [0.29, 0.717) is 35.9 Å². The summed E-state index contributed by atoms with van der Waals surface area (Å²) in [7, 11) is 0. The second-order valence-electron chi connectivity index (χ2n) is 5.46. The molecule has 1 atom stereocenters. The molecule has 1 amide bonds. The summed E-state index contributed by atoms with van der Waals surface area (Å²) < 4.78 is 18.3. The molecule has 0 aliphatic heterocycles. The van der Waals surface area contributed by atoms with E-state index in [1.807, 2.05) is 0 Å². The summed E-state index contributed by atoms with van der Waals surface area (Å²) in [5, 5.41) is 19.5. The van der Waals surface area contributed by atoms with E-state index in [-0.39, 0.29) is 12.3 Å². The number of hydrogen-bond donors (Lipinski definition) is 3. The van der Waals surface area contributed by atoms with Gasteiger partial charge in [-0.15, -0.1) is 0 Å². The predicted molar refractivity (Wildman–Crippen MR) is 86.8 cm³/mol. The van der Waals surface area contributed by atoms with Crippen LogP contribution in [-0.4, -0.2) is 32.7 Å². The molecular formula is C17H17FN4O3. The van der Waals surface area contributed by atoms with E-state index >= 15 is 0 Å². The Bertz CT molecular complexity index is 832. The van der Waals surface area contributed by atoms with Gasteiger partial charge in [-0.3, -0.25) is 9.89 Å². The van der Waals surface area contributed by atoms with E-state index < -0.39 is 11.9 Å². The van der Waals surface area contributed by atoms with Crippen molar-refractivity contribution in [1.29, 1.82) is 0 Å².